The third-order valence-corrected chi connectivity index (χ3v) is 4.95. The Morgan fingerprint density at radius 1 is 1.35 bits per heavy atom. The molecule has 0 radical (unpaired) electrons. The van der Waals surface area contributed by atoms with Gasteiger partial charge in [-0.3, -0.25) is 4.79 Å². The zero-order valence-electron chi connectivity index (χ0n) is 15.6. The molecular weight excluding hydrogens is 326 g/mol. The van der Waals surface area contributed by atoms with Crippen LogP contribution in [0.15, 0.2) is 53.8 Å². The molecule has 1 aromatic rings. The van der Waals surface area contributed by atoms with Crippen LogP contribution in [0.2, 0.25) is 0 Å². The van der Waals surface area contributed by atoms with Crippen molar-refractivity contribution in [1.82, 2.24) is 4.90 Å². The zero-order valence-corrected chi connectivity index (χ0v) is 15.6. The van der Waals surface area contributed by atoms with E-state index in [-0.39, 0.29) is 12.3 Å². The van der Waals surface area contributed by atoms with E-state index in [4.69, 9.17) is 9.84 Å². The van der Waals surface area contributed by atoms with Gasteiger partial charge < -0.3 is 14.7 Å². The summed E-state index contributed by atoms with van der Waals surface area (Å²) in [5.74, 6) is 0.447. The van der Waals surface area contributed by atoms with Crippen LogP contribution in [0.4, 0.5) is 0 Å². The maximum absolute atomic E-state index is 10.9. The summed E-state index contributed by atoms with van der Waals surface area (Å²) >= 11 is 0. The van der Waals surface area contributed by atoms with Gasteiger partial charge in [0, 0.05) is 18.5 Å². The maximum Gasteiger partial charge on any atom is 0.303 e. The first-order valence-corrected chi connectivity index (χ1v) is 9.24. The van der Waals surface area contributed by atoms with Crippen LogP contribution >= 0.6 is 0 Å². The predicted octanol–water partition coefficient (Wildman–Crippen LogP) is 4.25. The molecule has 0 fully saturated rings. The molecule has 0 bridgehead atoms. The van der Waals surface area contributed by atoms with Crippen molar-refractivity contribution < 1.29 is 14.6 Å². The Kier molecular flexibility index (Phi) is 5.94. The Morgan fingerprint density at radius 2 is 2.15 bits per heavy atom. The van der Waals surface area contributed by atoms with E-state index >= 15 is 0 Å². The van der Waals surface area contributed by atoms with Gasteiger partial charge in [-0.2, -0.15) is 0 Å². The number of carbonyl (C=O) groups is 1. The van der Waals surface area contributed by atoms with Crippen LogP contribution in [-0.4, -0.2) is 36.6 Å². The number of benzene rings is 1. The van der Waals surface area contributed by atoms with Crippen LogP contribution in [-0.2, 0) is 16.1 Å². The van der Waals surface area contributed by atoms with Gasteiger partial charge in [-0.05, 0) is 62.1 Å². The van der Waals surface area contributed by atoms with E-state index in [1.807, 2.05) is 6.08 Å². The zero-order chi connectivity index (χ0) is 18.5. The number of rotatable bonds is 6. The number of carboxylic acid groups (broad SMARTS) is 1. The molecule has 1 aromatic carbocycles. The molecule has 4 heteroatoms. The predicted molar refractivity (Wildman–Crippen MR) is 104 cm³/mol. The van der Waals surface area contributed by atoms with E-state index < -0.39 is 5.97 Å². The fourth-order valence-corrected chi connectivity index (χ4v) is 3.57. The summed E-state index contributed by atoms with van der Waals surface area (Å²) in [5.41, 5.74) is 4.91. The smallest absolute Gasteiger partial charge is 0.303 e. The average Bonchev–Trinajstić information content (AvgIpc) is 2.77. The summed E-state index contributed by atoms with van der Waals surface area (Å²) in [6.07, 6.45) is 9.13. The highest BCUT2D eigenvalue weighted by Gasteiger charge is 2.25. The number of fused-ring (bicyclic) bond motifs is 1. The highest BCUT2D eigenvalue weighted by atomic mass is 16.5. The molecule has 26 heavy (non-hydrogen) atoms. The second-order valence-corrected chi connectivity index (χ2v) is 7.25. The molecule has 2 aliphatic rings. The molecule has 1 N–H and O–H groups in total. The molecular formula is C22H27NO3. The summed E-state index contributed by atoms with van der Waals surface area (Å²) in [4.78, 5) is 13.1. The van der Waals surface area contributed by atoms with Crippen molar-refractivity contribution in [1.29, 1.82) is 0 Å². The summed E-state index contributed by atoms with van der Waals surface area (Å²) in [6, 6.07) is 8.42. The second kappa shape index (κ2) is 8.37. The Morgan fingerprint density at radius 3 is 2.92 bits per heavy atom. The van der Waals surface area contributed by atoms with Crippen LogP contribution in [0, 0.1) is 5.92 Å². The van der Waals surface area contributed by atoms with Crippen molar-refractivity contribution in [2.75, 3.05) is 20.6 Å². The number of aliphatic carboxylic acids is 1. The molecule has 1 unspecified atom stereocenters. The quantitative estimate of drug-likeness (QED) is 0.831. The molecule has 0 saturated heterocycles. The van der Waals surface area contributed by atoms with Crippen LogP contribution in [0.25, 0.3) is 5.57 Å². The molecule has 1 aliphatic carbocycles. The van der Waals surface area contributed by atoms with E-state index in [0.717, 1.165) is 25.1 Å². The van der Waals surface area contributed by atoms with Crippen LogP contribution in [0.5, 0.6) is 0 Å². The summed E-state index contributed by atoms with van der Waals surface area (Å²) in [7, 11) is 4.16. The minimum Gasteiger partial charge on any atom is -0.489 e. The van der Waals surface area contributed by atoms with Crippen LogP contribution in [0.3, 0.4) is 0 Å². The second-order valence-electron chi connectivity index (χ2n) is 7.25. The lowest BCUT2D eigenvalue weighted by atomic mass is 9.83. The Hall–Kier alpha value is -2.33. The molecule has 3 rings (SSSR count). The number of ether oxygens (including phenoxy) is 1. The van der Waals surface area contributed by atoms with E-state index in [1.54, 1.807) is 0 Å². The van der Waals surface area contributed by atoms with Crippen LogP contribution in [0.1, 0.15) is 36.8 Å². The normalized spacial score (nSPS) is 20.6. The third kappa shape index (κ3) is 4.44. The summed E-state index contributed by atoms with van der Waals surface area (Å²) in [6.45, 7) is 1.57. The van der Waals surface area contributed by atoms with Gasteiger partial charge in [0.1, 0.15) is 12.4 Å². The lowest BCUT2D eigenvalue weighted by Gasteiger charge is -2.22. The standard InChI is InChI=1S/C22H27NO3/c1-23(2)13-5-8-19-18-7-4-3-6-17(18)15-26-21-11-9-16(14-20(19)21)10-12-22(24)25/h3-4,6-9,11,16H,5,10,12-15H2,1-2H3,(H,24,25)/b19-8+. The number of allylic oxidation sites excluding steroid dienone is 4. The average molecular weight is 353 g/mol. The molecule has 0 saturated carbocycles. The monoisotopic (exact) mass is 353 g/mol. The molecule has 0 amide bonds. The van der Waals surface area contributed by atoms with E-state index in [9.17, 15) is 4.79 Å². The fourth-order valence-electron chi connectivity index (χ4n) is 3.57. The topological polar surface area (TPSA) is 49.8 Å². The van der Waals surface area contributed by atoms with E-state index in [2.05, 4.69) is 55.4 Å². The number of hydrogen-bond donors (Lipinski definition) is 1. The third-order valence-electron chi connectivity index (χ3n) is 4.95. The van der Waals surface area contributed by atoms with Crippen molar-refractivity contribution in [2.45, 2.75) is 32.3 Å². The molecule has 0 spiro atoms. The number of nitrogens with zero attached hydrogens (tertiary/aromatic N) is 1. The van der Waals surface area contributed by atoms with Crippen molar-refractivity contribution >= 4 is 11.5 Å². The van der Waals surface area contributed by atoms with Crippen LogP contribution < -0.4 is 0 Å². The van der Waals surface area contributed by atoms with Crippen molar-refractivity contribution in [3.63, 3.8) is 0 Å². The minimum absolute atomic E-state index is 0.203. The molecule has 1 heterocycles. The Bertz CT molecular complexity index is 758. The molecule has 1 atom stereocenters. The molecule has 138 valence electrons. The van der Waals surface area contributed by atoms with Crippen molar-refractivity contribution in [3.8, 4) is 0 Å². The van der Waals surface area contributed by atoms with Gasteiger partial charge in [-0.1, -0.05) is 36.4 Å². The first kappa shape index (κ1) is 18.5. The molecule has 4 nitrogen and oxygen atoms in total. The minimum atomic E-state index is -0.734. The molecule has 1 aliphatic heterocycles. The van der Waals surface area contributed by atoms with Gasteiger partial charge in [-0.15, -0.1) is 0 Å². The maximum atomic E-state index is 10.9. The number of carboxylic acids is 1. The Labute approximate surface area is 155 Å². The van der Waals surface area contributed by atoms with Crippen molar-refractivity contribution in [3.05, 3.63) is 65.0 Å². The SMILES string of the molecule is CN(C)CC/C=C1/C2=C(C=CC(CCC(=O)O)C2)OCc2ccccc21. The van der Waals surface area contributed by atoms with E-state index in [1.165, 1.54) is 22.3 Å². The first-order valence-electron chi connectivity index (χ1n) is 9.24. The largest absolute Gasteiger partial charge is 0.489 e. The van der Waals surface area contributed by atoms with Gasteiger partial charge in [0.05, 0.1) is 0 Å². The highest BCUT2D eigenvalue weighted by Crippen LogP contribution is 2.40. The Balaban J connectivity index is 1.91. The molecule has 0 aromatic heterocycles. The van der Waals surface area contributed by atoms with Gasteiger partial charge in [-0.25, -0.2) is 0 Å². The summed E-state index contributed by atoms with van der Waals surface area (Å²) in [5, 5.41) is 9.00. The highest BCUT2D eigenvalue weighted by molar-refractivity contribution is 5.82. The van der Waals surface area contributed by atoms with Crippen molar-refractivity contribution in [2.24, 2.45) is 5.92 Å². The van der Waals surface area contributed by atoms with Gasteiger partial charge in [0.15, 0.2) is 0 Å². The lowest BCUT2D eigenvalue weighted by Crippen LogP contribution is -2.12. The number of hydrogen-bond acceptors (Lipinski definition) is 3. The first-order chi connectivity index (χ1) is 12.5. The van der Waals surface area contributed by atoms with Gasteiger partial charge >= 0.3 is 5.97 Å². The van der Waals surface area contributed by atoms with E-state index in [0.29, 0.717) is 13.0 Å². The van der Waals surface area contributed by atoms with Gasteiger partial charge in [0.25, 0.3) is 0 Å². The van der Waals surface area contributed by atoms with Gasteiger partial charge in [0.2, 0.25) is 0 Å². The summed E-state index contributed by atoms with van der Waals surface area (Å²) < 4.78 is 6.09. The lowest BCUT2D eigenvalue weighted by molar-refractivity contribution is -0.137. The fraction of sp³-hybridized carbons (Fsp3) is 0.409.